The van der Waals surface area contributed by atoms with Gasteiger partial charge in [0.05, 0.1) is 5.41 Å². The fourth-order valence-electron chi connectivity index (χ4n) is 2.08. The van der Waals surface area contributed by atoms with Crippen molar-refractivity contribution in [3.8, 4) is 11.8 Å². The summed E-state index contributed by atoms with van der Waals surface area (Å²) in [4.78, 5) is 0. The second kappa shape index (κ2) is 4.11. The van der Waals surface area contributed by atoms with Crippen LogP contribution in [-0.4, -0.2) is 0 Å². The summed E-state index contributed by atoms with van der Waals surface area (Å²) in [6.07, 6.45) is 2.38. The van der Waals surface area contributed by atoms with Crippen molar-refractivity contribution in [2.75, 3.05) is 0 Å². The normalized spacial score (nSPS) is 15.8. The van der Waals surface area contributed by atoms with Gasteiger partial charge < -0.3 is 0 Å². The van der Waals surface area contributed by atoms with E-state index in [1.54, 1.807) is 0 Å². The Morgan fingerprint density at radius 2 is 1.35 bits per heavy atom. The third-order valence-electron chi connectivity index (χ3n) is 3.30. The largest absolute Gasteiger partial charge is 0.0863 e. The predicted octanol–water partition coefficient (Wildman–Crippen LogP) is 3.77. The Morgan fingerprint density at radius 3 is 1.94 bits per heavy atom. The lowest BCUT2D eigenvalue weighted by Crippen LogP contribution is -2.02. The van der Waals surface area contributed by atoms with E-state index in [4.69, 9.17) is 0 Å². The summed E-state index contributed by atoms with van der Waals surface area (Å²) >= 11 is 0. The van der Waals surface area contributed by atoms with Crippen molar-refractivity contribution < 1.29 is 0 Å². The Balaban J connectivity index is 1.90. The molecular formula is C17H14. The van der Waals surface area contributed by atoms with Gasteiger partial charge in [0, 0.05) is 5.56 Å². The van der Waals surface area contributed by atoms with Gasteiger partial charge in [0.2, 0.25) is 0 Å². The Morgan fingerprint density at radius 1 is 0.765 bits per heavy atom. The zero-order valence-corrected chi connectivity index (χ0v) is 9.69. The van der Waals surface area contributed by atoms with Gasteiger partial charge in [-0.2, -0.15) is 0 Å². The number of hydrogen-bond donors (Lipinski definition) is 0. The fourth-order valence-corrected chi connectivity index (χ4v) is 2.08. The van der Waals surface area contributed by atoms with Crippen LogP contribution in [0.15, 0.2) is 60.7 Å². The molecule has 0 heterocycles. The topological polar surface area (TPSA) is 0 Å². The van der Waals surface area contributed by atoms with Gasteiger partial charge >= 0.3 is 0 Å². The fraction of sp³-hybridized carbons (Fsp3) is 0.176. The number of hydrogen-bond acceptors (Lipinski definition) is 0. The highest BCUT2D eigenvalue weighted by Crippen LogP contribution is 2.47. The van der Waals surface area contributed by atoms with E-state index >= 15 is 0 Å². The molecule has 0 aliphatic heterocycles. The van der Waals surface area contributed by atoms with Crippen LogP contribution in [0.1, 0.15) is 24.0 Å². The smallest absolute Gasteiger partial charge is 0.0567 e. The van der Waals surface area contributed by atoms with Crippen LogP contribution in [0, 0.1) is 11.8 Å². The molecule has 1 saturated carbocycles. The average molecular weight is 218 g/mol. The molecule has 3 rings (SSSR count). The summed E-state index contributed by atoms with van der Waals surface area (Å²) in [7, 11) is 0. The quantitative estimate of drug-likeness (QED) is 0.639. The second-order valence-corrected chi connectivity index (χ2v) is 4.56. The molecule has 2 aromatic rings. The molecule has 2 aromatic carbocycles. The maximum Gasteiger partial charge on any atom is 0.0567 e. The first-order valence-electron chi connectivity index (χ1n) is 6.03. The lowest BCUT2D eigenvalue weighted by Gasteiger charge is -2.06. The van der Waals surface area contributed by atoms with E-state index in [1.165, 1.54) is 18.4 Å². The molecule has 0 heteroatoms. The van der Waals surface area contributed by atoms with Crippen molar-refractivity contribution in [3.63, 3.8) is 0 Å². The summed E-state index contributed by atoms with van der Waals surface area (Å²) in [5.74, 6) is 6.75. The van der Waals surface area contributed by atoms with Crippen LogP contribution in [0.4, 0.5) is 0 Å². The molecule has 1 fully saturated rings. The zero-order chi connectivity index (χ0) is 11.6. The predicted molar refractivity (Wildman–Crippen MR) is 70.7 cm³/mol. The summed E-state index contributed by atoms with van der Waals surface area (Å²) in [5.41, 5.74) is 2.61. The van der Waals surface area contributed by atoms with Crippen LogP contribution < -0.4 is 0 Å². The minimum Gasteiger partial charge on any atom is -0.0863 e. The van der Waals surface area contributed by atoms with Gasteiger partial charge in [-0.05, 0) is 30.5 Å². The Hall–Kier alpha value is -2.00. The van der Waals surface area contributed by atoms with Crippen molar-refractivity contribution in [2.45, 2.75) is 18.3 Å². The maximum absolute atomic E-state index is 3.45. The van der Waals surface area contributed by atoms with Crippen LogP contribution in [0.2, 0.25) is 0 Å². The first kappa shape index (κ1) is 10.2. The van der Waals surface area contributed by atoms with Crippen LogP contribution in [-0.2, 0) is 5.41 Å². The molecule has 1 aliphatic carbocycles. The lowest BCUT2D eigenvalue weighted by molar-refractivity contribution is 0.929. The van der Waals surface area contributed by atoms with E-state index in [0.29, 0.717) is 0 Å². The Labute approximate surface area is 102 Å². The third kappa shape index (κ3) is 2.10. The molecule has 0 radical (unpaired) electrons. The van der Waals surface area contributed by atoms with E-state index < -0.39 is 0 Å². The molecule has 82 valence electrons. The molecule has 0 aromatic heterocycles. The highest BCUT2D eigenvalue weighted by atomic mass is 14.4. The molecule has 0 spiro atoms. The molecule has 0 amide bonds. The molecule has 0 atom stereocenters. The van der Waals surface area contributed by atoms with Crippen molar-refractivity contribution in [3.05, 3.63) is 71.8 Å². The summed E-state index contributed by atoms with van der Waals surface area (Å²) < 4.78 is 0. The zero-order valence-electron chi connectivity index (χ0n) is 9.69. The molecule has 0 bridgehead atoms. The maximum atomic E-state index is 3.45. The average Bonchev–Trinajstić information content (AvgIpc) is 3.20. The van der Waals surface area contributed by atoms with Gasteiger partial charge in [-0.3, -0.25) is 0 Å². The van der Waals surface area contributed by atoms with E-state index in [9.17, 15) is 0 Å². The van der Waals surface area contributed by atoms with Crippen molar-refractivity contribution in [1.29, 1.82) is 0 Å². The van der Waals surface area contributed by atoms with Crippen LogP contribution in [0.25, 0.3) is 0 Å². The molecule has 0 N–H and O–H groups in total. The monoisotopic (exact) mass is 218 g/mol. The summed E-state index contributed by atoms with van der Waals surface area (Å²) in [5, 5.41) is 0. The van der Waals surface area contributed by atoms with Crippen LogP contribution in [0.3, 0.4) is 0 Å². The van der Waals surface area contributed by atoms with E-state index in [-0.39, 0.29) is 5.41 Å². The van der Waals surface area contributed by atoms with Gasteiger partial charge in [0.25, 0.3) is 0 Å². The Bertz CT molecular complexity index is 551. The Kier molecular flexibility index (Phi) is 2.46. The highest BCUT2D eigenvalue weighted by Gasteiger charge is 2.42. The van der Waals surface area contributed by atoms with Gasteiger partial charge in [-0.15, -0.1) is 0 Å². The van der Waals surface area contributed by atoms with E-state index in [0.717, 1.165) is 5.56 Å². The SMILES string of the molecule is C(#CC1(c2ccccc2)CC1)c1ccccc1. The van der Waals surface area contributed by atoms with E-state index in [1.807, 2.05) is 18.2 Å². The highest BCUT2D eigenvalue weighted by molar-refractivity contribution is 5.45. The molecule has 1 aliphatic rings. The second-order valence-electron chi connectivity index (χ2n) is 4.56. The molecule has 17 heavy (non-hydrogen) atoms. The number of benzene rings is 2. The lowest BCUT2D eigenvalue weighted by atomic mass is 9.96. The molecular weight excluding hydrogens is 204 g/mol. The van der Waals surface area contributed by atoms with Crippen LogP contribution >= 0.6 is 0 Å². The summed E-state index contributed by atoms with van der Waals surface area (Å²) in [6.45, 7) is 0. The first-order chi connectivity index (χ1) is 8.39. The standard InChI is InChI=1S/C17H14/c1-3-7-15(8-4-1)11-12-17(13-14-17)16-9-5-2-6-10-16/h1-10H,13-14H2. The summed E-state index contributed by atoms with van der Waals surface area (Å²) in [6, 6.07) is 20.8. The minimum absolute atomic E-state index is 0.136. The first-order valence-corrected chi connectivity index (χ1v) is 6.03. The number of rotatable bonds is 1. The van der Waals surface area contributed by atoms with Crippen molar-refractivity contribution in [2.24, 2.45) is 0 Å². The molecule has 0 saturated heterocycles. The van der Waals surface area contributed by atoms with Gasteiger partial charge in [0.15, 0.2) is 0 Å². The van der Waals surface area contributed by atoms with Gasteiger partial charge in [0.1, 0.15) is 0 Å². The van der Waals surface area contributed by atoms with Gasteiger partial charge in [-0.25, -0.2) is 0 Å². The molecule has 0 nitrogen and oxygen atoms in total. The molecule has 0 unspecified atom stereocenters. The van der Waals surface area contributed by atoms with E-state index in [2.05, 4.69) is 54.3 Å². The van der Waals surface area contributed by atoms with Crippen molar-refractivity contribution in [1.82, 2.24) is 0 Å². The third-order valence-corrected chi connectivity index (χ3v) is 3.30. The van der Waals surface area contributed by atoms with Crippen LogP contribution in [0.5, 0.6) is 0 Å². The van der Waals surface area contributed by atoms with Gasteiger partial charge in [-0.1, -0.05) is 60.4 Å². The van der Waals surface area contributed by atoms with Crippen molar-refractivity contribution >= 4 is 0 Å². The minimum atomic E-state index is 0.136.